The summed E-state index contributed by atoms with van der Waals surface area (Å²) in [4.78, 5) is 65.3. The van der Waals surface area contributed by atoms with Gasteiger partial charge in [0, 0.05) is 57.6 Å². The molecular weight excluding hydrogens is 708 g/mol. The zero-order chi connectivity index (χ0) is 41.4. The molecule has 2 aliphatic carbocycles. The summed E-state index contributed by atoms with van der Waals surface area (Å²) < 4.78 is 43.9. The van der Waals surface area contributed by atoms with Gasteiger partial charge in [-0.25, -0.2) is 4.79 Å². The van der Waals surface area contributed by atoms with Crippen molar-refractivity contribution in [3.63, 3.8) is 0 Å². The van der Waals surface area contributed by atoms with Gasteiger partial charge in [-0.3, -0.25) is 19.2 Å². The Hall–Kier alpha value is -4.29. The van der Waals surface area contributed by atoms with Crippen LogP contribution in [0.25, 0.3) is 0 Å². The van der Waals surface area contributed by atoms with Crippen molar-refractivity contribution in [2.75, 3.05) is 13.2 Å². The average molecular weight is 769 g/mol. The van der Waals surface area contributed by atoms with E-state index in [9.17, 15) is 24.0 Å². The van der Waals surface area contributed by atoms with Gasteiger partial charge in [0.1, 0.15) is 24.4 Å². The highest BCUT2D eigenvalue weighted by atomic mass is 16.6. The van der Waals surface area contributed by atoms with Gasteiger partial charge in [-0.2, -0.15) is 0 Å². The maximum Gasteiger partial charge on any atom is 0.338 e. The third kappa shape index (κ3) is 11.9. The molecule has 0 aromatic heterocycles. The second-order valence-electron chi connectivity index (χ2n) is 16.2. The fourth-order valence-corrected chi connectivity index (χ4v) is 7.10. The molecule has 12 heteroatoms. The Bertz CT molecular complexity index is 1620. The Labute approximate surface area is 325 Å². The quantitative estimate of drug-likeness (QED) is 0.124. The molecule has 1 aromatic rings. The number of hydrogen-bond acceptors (Lipinski definition) is 12. The number of hydrogen-bond donors (Lipinski definition) is 0. The monoisotopic (exact) mass is 768 g/mol. The standard InChI is InChI=1S/C43H60O12/c1-24(2)22-49-36-27(6)37(50-23-25(3)4)38(51-28(7)44)40(53-30(9)46)42(11,12)20-19-26(5)35(54-41(48)32-17-15-14-16-18-32)33-21-43(13,55-31(10)47)39(34(33)36)52-29(8)45/h14-20,24-26,35-40H,6,21-23H2,1-5,7-13H3/b20-19+/t26-,35-,36-,37-,38+,39+,40+,43+/m0/s1. The lowest BCUT2D eigenvalue weighted by Crippen LogP contribution is -2.53. The Morgan fingerprint density at radius 2 is 1.33 bits per heavy atom. The molecule has 8 atom stereocenters. The molecular formula is C43H60O12. The van der Waals surface area contributed by atoms with Gasteiger partial charge in [-0.1, -0.05) is 85.4 Å². The molecule has 0 amide bonds. The van der Waals surface area contributed by atoms with Gasteiger partial charge < -0.3 is 33.2 Å². The molecule has 0 fully saturated rings. The number of carbonyl (C=O) groups excluding carboxylic acids is 5. The molecule has 2 aliphatic rings. The van der Waals surface area contributed by atoms with E-state index < -0.39 is 83.4 Å². The van der Waals surface area contributed by atoms with E-state index in [1.807, 2.05) is 60.6 Å². The second kappa shape index (κ2) is 19.0. The topological polar surface area (TPSA) is 150 Å². The fraction of sp³-hybridized carbons (Fsp3) is 0.605. The van der Waals surface area contributed by atoms with E-state index in [2.05, 4.69) is 6.58 Å². The van der Waals surface area contributed by atoms with Gasteiger partial charge in [0.15, 0.2) is 17.8 Å². The summed E-state index contributed by atoms with van der Waals surface area (Å²) in [6.45, 7) is 24.9. The first kappa shape index (κ1) is 45.1. The van der Waals surface area contributed by atoms with E-state index in [1.165, 1.54) is 27.7 Å². The van der Waals surface area contributed by atoms with Gasteiger partial charge in [0.2, 0.25) is 0 Å². The molecule has 0 heterocycles. The van der Waals surface area contributed by atoms with Crippen LogP contribution in [0.5, 0.6) is 0 Å². The van der Waals surface area contributed by atoms with Gasteiger partial charge in [-0.05, 0) is 42.0 Å². The van der Waals surface area contributed by atoms with Gasteiger partial charge in [0.25, 0.3) is 0 Å². The van der Waals surface area contributed by atoms with Crippen LogP contribution < -0.4 is 0 Å². The van der Waals surface area contributed by atoms with Gasteiger partial charge >= 0.3 is 29.8 Å². The van der Waals surface area contributed by atoms with Gasteiger partial charge in [0.05, 0.1) is 12.2 Å². The summed E-state index contributed by atoms with van der Waals surface area (Å²) in [5, 5.41) is 0. The summed E-state index contributed by atoms with van der Waals surface area (Å²) in [6.07, 6.45) is -3.27. The van der Waals surface area contributed by atoms with Crippen molar-refractivity contribution in [3.05, 3.63) is 71.3 Å². The van der Waals surface area contributed by atoms with Crippen molar-refractivity contribution < 1.29 is 57.1 Å². The lowest BCUT2D eigenvalue weighted by atomic mass is 9.77. The molecule has 55 heavy (non-hydrogen) atoms. The van der Waals surface area contributed by atoms with Crippen molar-refractivity contribution in [3.8, 4) is 0 Å². The molecule has 304 valence electrons. The minimum atomic E-state index is -1.48. The average Bonchev–Trinajstić information content (AvgIpc) is 3.33. The highest BCUT2D eigenvalue weighted by molar-refractivity contribution is 5.89. The smallest absolute Gasteiger partial charge is 0.338 e. The number of esters is 5. The lowest BCUT2D eigenvalue weighted by molar-refractivity contribution is -0.186. The summed E-state index contributed by atoms with van der Waals surface area (Å²) in [6, 6.07) is 8.52. The van der Waals surface area contributed by atoms with E-state index in [-0.39, 0.29) is 37.0 Å². The van der Waals surface area contributed by atoms with Crippen molar-refractivity contribution in [1.82, 2.24) is 0 Å². The minimum absolute atomic E-state index is 0.00668. The van der Waals surface area contributed by atoms with E-state index >= 15 is 0 Å². The third-order valence-electron chi connectivity index (χ3n) is 9.42. The number of rotatable bonds is 12. The first-order chi connectivity index (χ1) is 25.6. The maximum absolute atomic E-state index is 13.9. The predicted octanol–water partition coefficient (Wildman–Crippen LogP) is 6.90. The predicted molar refractivity (Wildman–Crippen MR) is 205 cm³/mol. The summed E-state index contributed by atoms with van der Waals surface area (Å²) in [5.74, 6) is -3.75. The highest BCUT2D eigenvalue weighted by Gasteiger charge is 2.56. The van der Waals surface area contributed by atoms with Crippen molar-refractivity contribution >= 4 is 29.8 Å². The molecule has 0 bridgehead atoms. The van der Waals surface area contributed by atoms with E-state index in [0.717, 1.165) is 0 Å². The van der Waals surface area contributed by atoms with Crippen molar-refractivity contribution in [1.29, 1.82) is 0 Å². The van der Waals surface area contributed by atoms with Crippen LogP contribution in [-0.4, -0.2) is 85.3 Å². The second-order valence-corrected chi connectivity index (χ2v) is 16.2. The number of carbonyl (C=O) groups is 5. The molecule has 12 nitrogen and oxygen atoms in total. The lowest BCUT2D eigenvalue weighted by Gasteiger charge is -2.42. The number of ether oxygens (including phenoxy) is 7. The van der Waals surface area contributed by atoms with E-state index in [4.69, 9.17) is 33.2 Å². The number of benzene rings is 1. The molecule has 0 saturated carbocycles. The highest BCUT2D eigenvalue weighted by Crippen LogP contribution is 2.48. The van der Waals surface area contributed by atoms with Crippen LogP contribution in [0.2, 0.25) is 0 Å². The van der Waals surface area contributed by atoms with Crippen LogP contribution in [0.3, 0.4) is 0 Å². The molecule has 0 aliphatic heterocycles. The first-order valence-corrected chi connectivity index (χ1v) is 18.9. The Morgan fingerprint density at radius 3 is 1.85 bits per heavy atom. The molecule has 0 spiro atoms. The summed E-state index contributed by atoms with van der Waals surface area (Å²) in [7, 11) is 0. The first-order valence-electron chi connectivity index (χ1n) is 18.9. The fourth-order valence-electron chi connectivity index (χ4n) is 7.10. The Kier molecular flexibility index (Phi) is 15.6. The molecule has 0 N–H and O–H groups in total. The van der Waals surface area contributed by atoms with Crippen LogP contribution in [-0.2, 0) is 52.3 Å². The van der Waals surface area contributed by atoms with Crippen LogP contribution in [0.4, 0.5) is 0 Å². The normalized spacial score (nSPS) is 28.7. The zero-order valence-electron chi connectivity index (χ0n) is 34.5. The Morgan fingerprint density at radius 1 is 0.764 bits per heavy atom. The van der Waals surface area contributed by atoms with E-state index in [1.54, 1.807) is 37.3 Å². The molecule has 0 saturated heterocycles. The molecule has 0 unspecified atom stereocenters. The van der Waals surface area contributed by atoms with Crippen LogP contribution in [0.15, 0.2) is 65.8 Å². The maximum atomic E-state index is 13.9. The van der Waals surface area contributed by atoms with Gasteiger partial charge in [-0.15, -0.1) is 0 Å². The minimum Gasteiger partial charge on any atom is -0.458 e. The summed E-state index contributed by atoms with van der Waals surface area (Å²) in [5.41, 5.74) is -1.09. The zero-order valence-corrected chi connectivity index (χ0v) is 34.5. The van der Waals surface area contributed by atoms with Crippen LogP contribution >= 0.6 is 0 Å². The van der Waals surface area contributed by atoms with Crippen LogP contribution in [0, 0.1) is 23.2 Å². The SMILES string of the molecule is C=C1[C@H](OCC(C)C)C2=C(C[C@@](C)(OC(C)=O)[C@@H]2OC(C)=O)[C@@H](OC(=O)c2ccccc2)[C@@H](C)/C=C/C(C)(C)[C@H](OC(C)=O)[C@H](OC(C)=O)[C@H]1OCC(C)C. The van der Waals surface area contributed by atoms with Crippen molar-refractivity contribution in [2.24, 2.45) is 23.2 Å². The largest absolute Gasteiger partial charge is 0.458 e. The van der Waals surface area contributed by atoms with E-state index in [0.29, 0.717) is 16.7 Å². The van der Waals surface area contributed by atoms with Crippen molar-refractivity contribution in [2.45, 2.75) is 132 Å². The third-order valence-corrected chi connectivity index (χ3v) is 9.42. The molecule has 0 radical (unpaired) electrons. The van der Waals surface area contributed by atoms with Crippen LogP contribution in [0.1, 0.15) is 99.9 Å². The summed E-state index contributed by atoms with van der Waals surface area (Å²) >= 11 is 0. The molecule has 1 aromatic carbocycles. The Balaban J connectivity index is 2.55. The molecule has 3 rings (SSSR count).